The largest absolute Gasteiger partial charge is 0.376 e. The Bertz CT molecular complexity index is 464. The van der Waals surface area contributed by atoms with Crippen molar-refractivity contribution in [1.29, 1.82) is 5.26 Å². The van der Waals surface area contributed by atoms with Gasteiger partial charge < -0.3 is 10.5 Å². The van der Waals surface area contributed by atoms with Crippen LogP contribution in [0.2, 0.25) is 0 Å². The van der Waals surface area contributed by atoms with Crippen molar-refractivity contribution in [3.05, 3.63) is 34.9 Å². The Kier molecular flexibility index (Phi) is 4.95. The van der Waals surface area contributed by atoms with Crippen molar-refractivity contribution < 1.29 is 4.74 Å². The van der Waals surface area contributed by atoms with Gasteiger partial charge in [0, 0.05) is 0 Å². The fourth-order valence-electron chi connectivity index (χ4n) is 2.89. The van der Waals surface area contributed by atoms with E-state index in [1.54, 1.807) is 0 Å². The molecule has 102 valence electrons. The summed E-state index contributed by atoms with van der Waals surface area (Å²) in [5.74, 6) is 1.27. The highest BCUT2D eigenvalue weighted by Crippen LogP contribution is 2.31. The molecule has 2 unspecified atom stereocenters. The average molecular weight is 258 g/mol. The monoisotopic (exact) mass is 258 g/mol. The van der Waals surface area contributed by atoms with Crippen LogP contribution in [0.25, 0.3) is 0 Å². The number of ether oxygens (including phenoxy) is 1. The number of nitrogens with two attached hydrogens (primary N) is 1. The number of hydrogen-bond acceptors (Lipinski definition) is 3. The van der Waals surface area contributed by atoms with Crippen LogP contribution in [0.4, 0.5) is 0 Å². The predicted octanol–water partition coefficient (Wildman–Crippen LogP) is 2.76. The highest BCUT2D eigenvalue weighted by atomic mass is 16.5. The van der Waals surface area contributed by atoms with Crippen LogP contribution < -0.4 is 5.73 Å². The summed E-state index contributed by atoms with van der Waals surface area (Å²) < 4.78 is 5.85. The molecule has 1 aromatic carbocycles. The summed E-state index contributed by atoms with van der Waals surface area (Å²) >= 11 is 0. The van der Waals surface area contributed by atoms with Crippen LogP contribution in [0.15, 0.2) is 18.2 Å². The molecule has 0 radical (unpaired) electrons. The fourth-order valence-corrected chi connectivity index (χ4v) is 2.89. The number of benzene rings is 1. The molecule has 0 heterocycles. The lowest BCUT2D eigenvalue weighted by Gasteiger charge is -2.18. The summed E-state index contributed by atoms with van der Waals surface area (Å²) in [6, 6.07) is 7.91. The molecule has 1 aliphatic carbocycles. The van der Waals surface area contributed by atoms with Gasteiger partial charge in [0.05, 0.1) is 24.8 Å². The van der Waals surface area contributed by atoms with Gasteiger partial charge in [-0.05, 0) is 61.4 Å². The van der Waals surface area contributed by atoms with E-state index in [4.69, 9.17) is 15.7 Å². The first-order valence-electron chi connectivity index (χ1n) is 7.02. The molecule has 3 heteroatoms. The third-order valence-electron chi connectivity index (χ3n) is 4.18. The normalized spacial score (nSPS) is 22.4. The summed E-state index contributed by atoms with van der Waals surface area (Å²) in [6.45, 7) is 4.24. The summed E-state index contributed by atoms with van der Waals surface area (Å²) in [5.41, 5.74) is 8.78. The number of nitrogens with zero attached hydrogens (tertiary/aromatic N) is 1. The van der Waals surface area contributed by atoms with E-state index in [2.05, 4.69) is 6.07 Å². The Morgan fingerprint density at radius 2 is 2.16 bits per heavy atom. The maximum atomic E-state index is 8.84. The molecule has 0 aliphatic heterocycles. The second kappa shape index (κ2) is 6.70. The van der Waals surface area contributed by atoms with Gasteiger partial charge in [0.15, 0.2) is 0 Å². The van der Waals surface area contributed by atoms with Crippen LogP contribution in [0.3, 0.4) is 0 Å². The number of nitriles is 1. The van der Waals surface area contributed by atoms with Crippen molar-refractivity contribution in [3.8, 4) is 6.07 Å². The van der Waals surface area contributed by atoms with E-state index in [-0.39, 0.29) is 0 Å². The Labute approximate surface area is 115 Å². The highest BCUT2D eigenvalue weighted by molar-refractivity contribution is 5.37. The zero-order chi connectivity index (χ0) is 13.7. The molecule has 19 heavy (non-hydrogen) atoms. The third kappa shape index (κ3) is 3.56. The lowest BCUT2D eigenvalue weighted by Crippen LogP contribution is -2.22. The first-order valence-corrected chi connectivity index (χ1v) is 7.02. The van der Waals surface area contributed by atoms with Crippen molar-refractivity contribution >= 4 is 0 Å². The van der Waals surface area contributed by atoms with E-state index in [0.717, 1.165) is 18.7 Å². The van der Waals surface area contributed by atoms with Crippen LogP contribution in [-0.4, -0.2) is 13.2 Å². The molecule has 2 atom stereocenters. The molecule has 0 bridgehead atoms. The van der Waals surface area contributed by atoms with Crippen LogP contribution in [0, 0.1) is 30.1 Å². The topological polar surface area (TPSA) is 59.0 Å². The molecule has 3 nitrogen and oxygen atoms in total. The molecule has 0 spiro atoms. The first kappa shape index (κ1) is 14.0. The second-order valence-electron chi connectivity index (χ2n) is 5.45. The van der Waals surface area contributed by atoms with Crippen LogP contribution in [-0.2, 0) is 11.3 Å². The molecule has 1 saturated carbocycles. The van der Waals surface area contributed by atoms with Gasteiger partial charge in [0.25, 0.3) is 0 Å². The molecule has 0 amide bonds. The van der Waals surface area contributed by atoms with Gasteiger partial charge in [-0.2, -0.15) is 5.26 Å². The lowest BCUT2D eigenvalue weighted by atomic mass is 9.97. The van der Waals surface area contributed by atoms with Crippen LogP contribution >= 0.6 is 0 Å². The maximum Gasteiger partial charge on any atom is 0.0991 e. The van der Waals surface area contributed by atoms with Gasteiger partial charge in [0.1, 0.15) is 0 Å². The van der Waals surface area contributed by atoms with Crippen molar-refractivity contribution in [3.63, 3.8) is 0 Å². The lowest BCUT2D eigenvalue weighted by molar-refractivity contribution is 0.0751. The minimum atomic E-state index is 0.628. The molecular weight excluding hydrogens is 236 g/mol. The summed E-state index contributed by atoms with van der Waals surface area (Å²) in [6.07, 6.45) is 3.78. The Balaban J connectivity index is 1.84. The first-order chi connectivity index (χ1) is 9.24. The van der Waals surface area contributed by atoms with E-state index in [0.29, 0.717) is 24.0 Å². The van der Waals surface area contributed by atoms with E-state index < -0.39 is 0 Å². The van der Waals surface area contributed by atoms with Crippen LogP contribution in [0.5, 0.6) is 0 Å². The smallest absolute Gasteiger partial charge is 0.0991 e. The number of hydrogen-bond donors (Lipinski definition) is 1. The SMILES string of the molecule is Cc1cc(C#N)ccc1COCC1CCCC1CN. The molecule has 1 aromatic rings. The number of aryl methyl sites for hydroxylation is 1. The minimum Gasteiger partial charge on any atom is -0.376 e. The van der Waals surface area contributed by atoms with Gasteiger partial charge in [0.2, 0.25) is 0 Å². The number of rotatable bonds is 5. The Hall–Kier alpha value is -1.37. The molecule has 2 rings (SSSR count). The Morgan fingerprint density at radius 3 is 2.84 bits per heavy atom. The molecule has 0 saturated heterocycles. The summed E-state index contributed by atoms with van der Waals surface area (Å²) in [4.78, 5) is 0. The van der Waals surface area contributed by atoms with Gasteiger partial charge in [-0.25, -0.2) is 0 Å². The van der Waals surface area contributed by atoms with Crippen LogP contribution in [0.1, 0.15) is 36.0 Å². The average Bonchev–Trinajstić information content (AvgIpc) is 2.88. The van der Waals surface area contributed by atoms with Crippen molar-refractivity contribution in [2.75, 3.05) is 13.2 Å². The fraction of sp³-hybridized carbons (Fsp3) is 0.562. The third-order valence-corrected chi connectivity index (χ3v) is 4.18. The van der Waals surface area contributed by atoms with Gasteiger partial charge in [-0.3, -0.25) is 0 Å². The summed E-state index contributed by atoms with van der Waals surface area (Å²) in [5, 5.41) is 8.84. The molecule has 1 aliphatic rings. The van der Waals surface area contributed by atoms with E-state index in [1.807, 2.05) is 25.1 Å². The van der Waals surface area contributed by atoms with Crippen molar-refractivity contribution in [2.45, 2.75) is 32.8 Å². The van der Waals surface area contributed by atoms with Gasteiger partial charge in [-0.15, -0.1) is 0 Å². The summed E-state index contributed by atoms with van der Waals surface area (Å²) in [7, 11) is 0. The Morgan fingerprint density at radius 1 is 1.37 bits per heavy atom. The van der Waals surface area contributed by atoms with Crippen molar-refractivity contribution in [1.82, 2.24) is 0 Å². The molecule has 2 N–H and O–H groups in total. The zero-order valence-electron chi connectivity index (χ0n) is 11.6. The molecule has 0 aromatic heterocycles. The predicted molar refractivity (Wildman–Crippen MR) is 75.4 cm³/mol. The molecule has 1 fully saturated rings. The highest BCUT2D eigenvalue weighted by Gasteiger charge is 2.25. The minimum absolute atomic E-state index is 0.628. The second-order valence-corrected chi connectivity index (χ2v) is 5.45. The van der Waals surface area contributed by atoms with Gasteiger partial charge >= 0.3 is 0 Å². The quantitative estimate of drug-likeness (QED) is 0.883. The van der Waals surface area contributed by atoms with Gasteiger partial charge in [-0.1, -0.05) is 12.5 Å². The van der Waals surface area contributed by atoms with E-state index >= 15 is 0 Å². The van der Waals surface area contributed by atoms with E-state index in [9.17, 15) is 0 Å². The molecular formula is C16H22N2O. The maximum absolute atomic E-state index is 8.84. The van der Waals surface area contributed by atoms with E-state index in [1.165, 1.54) is 24.8 Å². The standard InChI is InChI=1S/C16H22N2O/c1-12-7-13(8-17)5-6-15(12)10-19-11-16-4-2-3-14(16)9-18/h5-7,14,16H,2-4,9-11,18H2,1H3. The van der Waals surface area contributed by atoms with Crippen molar-refractivity contribution in [2.24, 2.45) is 17.6 Å². The zero-order valence-corrected chi connectivity index (χ0v) is 11.6.